The van der Waals surface area contributed by atoms with Gasteiger partial charge in [-0.2, -0.15) is 0 Å². The highest BCUT2D eigenvalue weighted by Crippen LogP contribution is 2.35. The van der Waals surface area contributed by atoms with Crippen molar-refractivity contribution in [1.29, 1.82) is 0 Å². The maximum absolute atomic E-state index is 10.3. The molecule has 0 amide bonds. The summed E-state index contributed by atoms with van der Waals surface area (Å²) in [5, 5.41) is 12.3. The molecule has 0 aromatic heterocycles. The third-order valence-electron chi connectivity index (χ3n) is 3.16. The van der Waals surface area contributed by atoms with Crippen molar-refractivity contribution >= 4 is 22.5 Å². The van der Waals surface area contributed by atoms with Crippen molar-refractivity contribution in [3.63, 3.8) is 0 Å². The first-order chi connectivity index (χ1) is 8.76. The molecule has 0 saturated carbocycles. The molecule has 18 heavy (non-hydrogen) atoms. The lowest BCUT2D eigenvalue weighted by Gasteiger charge is -2.17. The van der Waals surface area contributed by atoms with Crippen LogP contribution in [0, 0.1) is 0 Å². The topological polar surface area (TPSA) is 23.5 Å². The number of hydrogen-bond acceptors (Lipinski definition) is 3. The molecule has 0 radical (unpaired) electrons. The molecule has 2 nitrogen and oxygen atoms in total. The first-order valence-electron chi connectivity index (χ1n) is 6.32. The number of fused-ring (bicyclic) bond motifs is 1. The number of rotatable bonds is 5. The molecule has 0 fully saturated rings. The van der Waals surface area contributed by atoms with Gasteiger partial charge in [0.2, 0.25) is 0 Å². The molecule has 1 N–H and O–H groups in total. The number of phenols is 1. The fraction of sp³-hybridized carbons (Fsp3) is 0.333. The fourth-order valence-electron chi connectivity index (χ4n) is 1.92. The number of aromatic hydroxyl groups is 1. The van der Waals surface area contributed by atoms with E-state index in [1.807, 2.05) is 30.3 Å². The normalized spacial score (nSPS) is 11.3. The van der Waals surface area contributed by atoms with E-state index in [1.165, 1.54) is 0 Å². The molecule has 96 valence electrons. The first kappa shape index (κ1) is 13.2. The van der Waals surface area contributed by atoms with E-state index in [9.17, 15) is 5.11 Å². The molecular weight excluding hydrogens is 242 g/mol. The molecule has 0 atom stereocenters. The van der Waals surface area contributed by atoms with Gasteiger partial charge < -0.3 is 5.11 Å². The smallest absolute Gasteiger partial charge is 0.136 e. The van der Waals surface area contributed by atoms with Crippen LogP contribution in [0.1, 0.15) is 13.8 Å². The minimum Gasteiger partial charge on any atom is -0.506 e. The lowest BCUT2D eigenvalue weighted by molar-refractivity contribution is 0.358. The first-order valence-corrected chi connectivity index (χ1v) is 7.30. The molecule has 0 aliphatic heterocycles. The monoisotopic (exact) mass is 261 g/mol. The molecule has 0 heterocycles. The molecule has 0 bridgehead atoms. The summed E-state index contributed by atoms with van der Waals surface area (Å²) in [5.74, 6) is 1.32. The molecule has 0 aliphatic carbocycles. The SMILES string of the molecule is CCN(CC)CSc1ccc2ccccc2c1O. The number of nitrogens with zero attached hydrogens (tertiary/aromatic N) is 1. The van der Waals surface area contributed by atoms with Crippen LogP contribution >= 0.6 is 11.8 Å². The summed E-state index contributed by atoms with van der Waals surface area (Å²) < 4.78 is 0. The van der Waals surface area contributed by atoms with Gasteiger partial charge >= 0.3 is 0 Å². The van der Waals surface area contributed by atoms with Gasteiger partial charge in [0, 0.05) is 11.3 Å². The molecule has 2 aromatic carbocycles. The minimum absolute atomic E-state index is 0.408. The summed E-state index contributed by atoms with van der Waals surface area (Å²) >= 11 is 1.70. The second kappa shape index (κ2) is 6.12. The molecule has 3 heteroatoms. The Bertz CT molecular complexity index is 523. The Morgan fingerprint density at radius 2 is 1.78 bits per heavy atom. The minimum atomic E-state index is 0.408. The predicted molar refractivity (Wildman–Crippen MR) is 79.3 cm³/mol. The molecule has 2 aromatic rings. The second-order valence-electron chi connectivity index (χ2n) is 4.21. The van der Waals surface area contributed by atoms with Crippen LogP contribution in [0.15, 0.2) is 41.3 Å². The van der Waals surface area contributed by atoms with Crippen LogP contribution < -0.4 is 0 Å². The Labute approximate surface area is 113 Å². The highest BCUT2D eigenvalue weighted by molar-refractivity contribution is 7.99. The van der Waals surface area contributed by atoms with Crippen LogP contribution in [0.5, 0.6) is 5.75 Å². The fourth-order valence-corrected chi connectivity index (χ4v) is 3.02. The second-order valence-corrected chi connectivity index (χ2v) is 5.20. The predicted octanol–water partition coefficient (Wildman–Crippen LogP) is 3.94. The third-order valence-corrected chi connectivity index (χ3v) is 4.30. The van der Waals surface area contributed by atoms with Crippen LogP contribution in [0.4, 0.5) is 0 Å². The Kier molecular flexibility index (Phi) is 4.50. The van der Waals surface area contributed by atoms with E-state index in [0.29, 0.717) is 5.75 Å². The van der Waals surface area contributed by atoms with Crippen molar-refractivity contribution in [2.24, 2.45) is 0 Å². The van der Waals surface area contributed by atoms with Gasteiger partial charge in [0.25, 0.3) is 0 Å². The number of benzene rings is 2. The Morgan fingerprint density at radius 1 is 1.06 bits per heavy atom. The van der Waals surface area contributed by atoms with E-state index >= 15 is 0 Å². The van der Waals surface area contributed by atoms with Crippen LogP contribution in [-0.4, -0.2) is 29.0 Å². The van der Waals surface area contributed by atoms with Crippen molar-refractivity contribution in [3.8, 4) is 5.75 Å². The molecule has 2 rings (SSSR count). The van der Waals surface area contributed by atoms with Gasteiger partial charge in [-0.15, -0.1) is 11.8 Å². The summed E-state index contributed by atoms with van der Waals surface area (Å²) in [6, 6.07) is 12.0. The van der Waals surface area contributed by atoms with E-state index in [4.69, 9.17) is 0 Å². The van der Waals surface area contributed by atoms with Gasteiger partial charge in [-0.25, -0.2) is 0 Å². The number of hydrogen-bond donors (Lipinski definition) is 1. The summed E-state index contributed by atoms with van der Waals surface area (Å²) in [6.07, 6.45) is 0. The summed E-state index contributed by atoms with van der Waals surface area (Å²) in [7, 11) is 0. The maximum Gasteiger partial charge on any atom is 0.136 e. The van der Waals surface area contributed by atoms with Gasteiger partial charge in [-0.3, -0.25) is 4.90 Å². The van der Waals surface area contributed by atoms with Gasteiger partial charge in [0.15, 0.2) is 0 Å². The van der Waals surface area contributed by atoms with Gasteiger partial charge in [-0.1, -0.05) is 44.2 Å². The van der Waals surface area contributed by atoms with Gasteiger partial charge in [-0.05, 0) is 24.5 Å². The van der Waals surface area contributed by atoms with E-state index in [1.54, 1.807) is 11.8 Å². The number of phenolic OH excluding ortho intramolecular Hbond substituents is 1. The quantitative estimate of drug-likeness (QED) is 0.651. The van der Waals surface area contributed by atoms with Crippen molar-refractivity contribution in [2.45, 2.75) is 18.7 Å². The van der Waals surface area contributed by atoms with Gasteiger partial charge in [0.1, 0.15) is 5.75 Å². The average molecular weight is 261 g/mol. The van der Waals surface area contributed by atoms with E-state index < -0.39 is 0 Å². The Morgan fingerprint density at radius 3 is 2.50 bits per heavy atom. The van der Waals surface area contributed by atoms with Crippen LogP contribution in [0.3, 0.4) is 0 Å². The third kappa shape index (κ3) is 2.79. The molecule has 0 unspecified atom stereocenters. The zero-order valence-electron chi connectivity index (χ0n) is 10.9. The molecular formula is C15H19NOS. The Balaban J connectivity index is 2.21. The van der Waals surface area contributed by atoms with Gasteiger partial charge in [0.05, 0.1) is 4.90 Å². The zero-order chi connectivity index (χ0) is 13.0. The standard InChI is InChI=1S/C15H19NOS/c1-3-16(4-2)11-18-14-10-9-12-7-5-6-8-13(12)15(14)17/h5-10,17H,3-4,11H2,1-2H3. The lowest BCUT2D eigenvalue weighted by atomic mass is 10.1. The Hall–Kier alpha value is -1.19. The largest absolute Gasteiger partial charge is 0.506 e. The highest BCUT2D eigenvalue weighted by atomic mass is 32.2. The number of thioether (sulfide) groups is 1. The highest BCUT2D eigenvalue weighted by Gasteiger charge is 2.08. The van der Waals surface area contributed by atoms with E-state index in [-0.39, 0.29) is 0 Å². The van der Waals surface area contributed by atoms with Crippen molar-refractivity contribution in [1.82, 2.24) is 4.90 Å². The summed E-state index contributed by atoms with van der Waals surface area (Å²) in [5.41, 5.74) is 0. The summed E-state index contributed by atoms with van der Waals surface area (Å²) in [4.78, 5) is 3.29. The maximum atomic E-state index is 10.3. The van der Waals surface area contributed by atoms with Crippen molar-refractivity contribution < 1.29 is 5.11 Å². The molecule has 0 spiro atoms. The average Bonchev–Trinajstić information content (AvgIpc) is 2.42. The van der Waals surface area contributed by atoms with Crippen LogP contribution in [0.25, 0.3) is 10.8 Å². The van der Waals surface area contributed by atoms with E-state index in [0.717, 1.165) is 34.6 Å². The van der Waals surface area contributed by atoms with E-state index in [2.05, 4.69) is 24.8 Å². The van der Waals surface area contributed by atoms with Crippen molar-refractivity contribution in [3.05, 3.63) is 36.4 Å². The van der Waals surface area contributed by atoms with Crippen molar-refractivity contribution in [2.75, 3.05) is 19.0 Å². The summed E-state index contributed by atoms with van der Waals surface area (Å²) in [6.45, 7) is 6.39. The van der Waals surface area contributed by atoms with Crippen LogP contribution in [0.2, 0.25) is 0 Å². The lowest BCUT2D eigenvalue weighted by Crippen LogP contribution is -2.21. The zero-order valence-corrected chi connectivity index (χ0v) is 11.7. The molecule has 0 aliphatic rings. The van der Waals surface area contributed by atoms with Crippen LogP contribution in [-0.2, 0) is 0 Å². The molecule has 0 saturated heterocycles.